The Labute approximate surface area is 161 Å². The topological polar surface area (TPSA) is 67.6 Å². The molecule has 2 aromatic rings. The van der Waals surface area contributed by atoms with Crippen LogP contribution in [0.15, 0.2) is 48.5 Å². The minimum Gasteiger partial charge on any atom is -0.495 e. The Morgan fingerprint density at radius 1 is 1.26 bits per heavy atom. The fourth-order valence-electron chi connectivity index (χ4n) is 3.86. The van der Waals surface area contributed by atoms with Gasteiger partial charge >= 0.3 is 0 Å². The van der Waals surface area contributed by atoms with Gasteiger partial charge in [-0.05, 0) is 49.6 Å². The van der Waals surface area contributed by atoms with E-state index in [1.165, 1.54) is 5.56 Å². The lowest BCUT2D eigenvalue weighted by atomic mass is 9.89. The molecule has 1 aliphatic rings. The number of ether oxygens (including phenoxy) is 1. The summed E-state index contributed by atoms with van der Waals surface area (Å²) in [5.74, 6) is 1.36. The van der Waals surface area contributed by atoms with Gasteiger partial charge in [-0.3, -0.25) is 9.69 Å². The molecule has 0 bridgehead atoms. The van der Waals surface area contributed by atoms with Crippen molar-refractivity contribution in [2.75, 3.05) is 32.1 Å². The van der Waals surface area contributed by atoms with E-state index in [9.17, 15) is 4.79 Å². The Hall–Kier alpha value is -2.37. The van der Waals surface area contributed by atoms with Crippen molar-refractivity contribution in [3.63, 3.8) is 0 Å². The van der Waals surface area contributed by atoms with Crippen molar-refractivity contribution in [1.82, 2.24) is 4.90 Å². The summed E-state index contributed by atoms with van der Waals surface area (Å²) in [6.07, 6.45) is 0. The first kappa shape index (κ1) is 19.4. The van der Waals surface area contributed by atoms with Crippen molar-refractivity contribution in [1.29, 1.82) is 0 Å². The Balaban J connectivity index is 1.71. The Morgan fingerprint density at radius 3 is 2.67 bits per heavy atom. The van der Waals surface area contributed by atoms with Crippen molar-refractivity contribution in [2.24, 2.45) is 11.7 Å². The first-order valence-corrected chi connectivity index (χ1v) is 9.48. The van der Waals surface area contributed by atoms with Crippen LogP contribution in [0, 0.1) is 12.8 Å². The number of aryl methyl sites for hydroxylation is 1. The van der Waals surface area contributed by atoms with Crippen LogP contribution in [0.2, 0.25) is 0 Å². The van der Waals surface area contributed by atoms with Crippen molar-refractivity contribution < 1.29 is 9.53 Å². The highest BCUT2D eigenvalue weighted by atomic mass is 16.5. The molecule has 1 fully saturated rings. The largest absolute Gasteiger partial charge is 0.495 e. The van der Waals surface area contributed by atoms with Crippen LogP contribution in [0.1, 0.15) is 24.0 Å². The van der Waals surface area contributed by atoms with Gasteiger partial charge in [-0.2, -0.15) is 0 Å². The van der Waals surface area contributed by atoms with E-state index in [0.717, 1.165) is 18.7 Å². The number of carbonyl (C=O) groups excluding carboxylic acids is 1. The number of anilines is 1. The Kier molecular flexibility index (Phi) is 6.14. The van der Waals surface area contributed by atoms with Gasteiger partial charge in [0.2, 0.25) is 5.91 Å². The van der Waals surface area contributed by atoms with Gasteiger partial charge in [0, 0.05) is 19.0 Å². The first-order valence-electron chi connectivity index (χ1n) is 9.48. The zero-order valence-corrected chi connectivity index (χ0v) is 16.3. The van der Waals surface area contributed by atoms with E-state index >= 15 is 0 Å². The Morgan fingerprint density at radius 2 is 2.00 bits per heavy atom. The lowest BCUT2D eigenvalue weighted by molar-refractivity contribution is -0.120. The zero-order chi connectivity index (χ0) is 19.4. The SMILES string of the molecule is COc1ccc(C)cc1NC(=O)C(C)N1C[C@@H](CN)[C@H](c2ccccc2)C1. The van der Waals surface area contributed by atoms with Crippen LogP contribution in [0.25, 0.3) is 0 Å². The highest BCUT2D eigenvalue weighted by molar-refractivity contribution is 5.96. The molecule has 3 N–H and O–H groups in total. The van der Waals surface area contributed by atoms with Gasteiger partial charge in [0.15, 0.2) is 0 Å². The number of nitrogens with two attached hydrogens (primary N) is 1. The average Bonchev–Trinajstić information content (AvgIpc) is 3.12. The van der Waals surface area contributed by atoms with E-state index in [-0.39, 0.29) is 11.9 Å². The molecule has 0 radical (unpaired) electrons. The minimum absolute atomic E-state index is 0.0246. The number of benzene rings is 2. The summed E-state index contributed by atoms with van der Waals surface area (Å²) in [4.78, 5) is 15.1. The third-order valence-corrected chi connectivity index (χ3v) is 5.54. The molecule has 2 aromatic carbocycles. The summed E-state index contributed by atoms with van der Waals surface area (Å²) >= 11 is 0. The van der Waals surface area contributed by atoms with Crippen LogP contribution in [-0.2, 0) is 4.79 Å². The highest BCUT2D eigenvalue weighted by Crippen LogP contribution is 2.33. The normalized spacial score (nSPS) is 21.0. The van der Waals surface area contributed by atoms with Crippen molar-refractivity contribution in [3.8, 4) is 5.75 Å². The molecule has 0 aromatic heterocycles. The van der Waals surface area contributed by atoms with Gasteiger partial charge in [-0.15, -0.1) is 0 Å². The number of hydrogen-bond donors (Lipinski definition) is 2. The third-order valence-electron chi connectivity index (χ3n) is 5.54. The van der Waals surface area contributed by atoms with E-state index in [1.807, 2.05) is 38.1 Å². The molecule has 1 aliphatic heterocycles. The molecule has 3 atom stereocenters. The molecular weight excluding hydrogens is 338 g/mol. The predicted octanol–water partition coefficient (Wildman–Crippen LogP) is 3.00. The number of rotatable bonds is 6. The number of nitrogens with one attached hydrogen (secondary N) is 1. The molecule has 5 nitrogen and oxygen atoms in total. The van der Waals surface area contributed by atoms with Gasteiger partial charge in [0.05, 0.1) is 18.8 Å². The lowest BCUT2D eigenvalue weighted by Crippen LogP contribution is -2.41. The molecular formula is C22H29N3O2. The maximum Gasteiger partial charge on any atom is 0.241 e. The minimum atomic E-state index is -0.238. The number of nitrogens with zero attached hydrogens (tertiary/aromatic N) is 1. The predicted molar refractivity (Wildman–Crippen MR) is 109 cm³/mol. The summed E-state index contributed by atoms with van der Waals surface area (Å²) < 4.78 is 5.37. The molecule has 144 valence electrons. The molecule has 5 heteroatoms. The molecule has 3 rings (SSSR count). The first-order chi connectivity index (χ1) is 13.0. The van der Waals surface area contributed by atoms with Crippen LogP contribution >= 0.6 is 0 Å². The fourth-order valence-corrected chi connectivity index (χ4v) is 3.86. The maximum absolute atomic E-state index is 12.9. The van der Waals surface area contributed by atoms with E-state index in [2.05, 4.69) is 34.5 Å². The van der Waals surface area contributed by atoms with Gasteiger partial charge < -0.3 is 15.8 Å². The van der Waals surface area contributed by atoms with E-state index in [1.54, 1.807) is 7.11 Å². The van der Waals surface area contributed by atoms with Crippen LogP contribution in [-0.4, -0.2) is 43.6 Å². The number of amides is 1. The van der Waals surface area contributed by atoms with Gasteiger partial charge in [0.25, 0.3) is 0 Å². The van der Waals surface area contributed by atoms with Gasteiger partial charge in [-0.25, -0.2) is 0 Å². The summed E-state index contributed by atoms with van der Waals surface area (Å²) in [6.45, 7) is 6.24. The Bertz CT molecular complexity index is 778. The number of hydrogen-bond acceptors (Lipinski definition) is 4. The molecule has 27 heavy (non-hydrogen) atoms. The van der Waals surface area contributed by atoms with Crippen LogP contribution < -0.4 is 15.8 Å². The number of carbonyl (C=O) groups is 1. The highest BCUT2D eigenvalue weighted by Gasteiger charge is 2.37. The molecule has 0 aliphatic carbocycles. The lowest BCUT2D eigenvalue weighted by Gasteiger charge is -2.24. The summed E-state index contributed by atoms with van der Waals surface area (Å²) in [6, 6.07) is 16.0. The third kappa shape index (κ3) is 4.31. The second-order valence-electron chi connectivity index (χ2n) is 7.34. The van der Waals surface area contributed by atoms with Crippen LogP contribution in [0.5, 0.6) is 5.75 Å². The molecule has 0 saturated carbocycles. The van der Waals surface area contributed by atoms with Crippen molar-refractivity contribution >= 4 is 11.6 Å². The second-order valence-corrected chi connectivity index (χ2v) is 7.34. The van der Waals surface area contributed by atoms with Crippen molar-refractivity contribution in [3.05, 3.63) is 59.7 Å². The number of likely N-dealkylation sites (tertiary alicyclic amines) is 1. The average molecular weight is 367 g/mol. The molecule has 1 heterocycles. The summed E-state index contributed by atoms with van der Waals surface area (Å²) in [7, 11) is 1.61. The van der Waals surface area contributed by atoms with E-state index < -0.39 is 0 Å². The monoisotopic (exact) mass is 367 g/mol. The molecule has 1 amide bonds. The quantitative estimate of drug-likeness (QED) is 0.824. The standard InChI is InChI=1S/C22H29N3O2/c1-15-9-10-21(27-3)20(11-15)24-22(26)16(2)25-13-18(12-23)19(14-25)17-7-5-4-6-8-17/h4-11,16,18-19H,12-14,23H2,1-3H3,(H,24,26)/t16?,18-,19+/m1/s1. The van der Waals surface area contributed by atoms with Gasteiger partial charge in [-0.1, -0.05) is 36.4 Å². The van der Waals surface area contributed by atoms with Crippen LogP contribution in [0.4, 0.5) is 5.69 Å². The van der Waals surface area contributed by atoms with E-state index in [0.29, 0.717) is 29.8 Å². The zero-order valence-electron chi connectivity index (χ0n) is 16.3. The second kappa shape index (κ2) is 8.55. The fraction of sp³-hybridized carbons (Fsp3) is 0.409. The van der Waals surface area contributed by atoms with Gasteiger partial charge in [0.1, 0.15) is 5.75 Å². The summed E-state index contributed by atoms with van der Waals surface area (Å²) in [5, 5.41) is 3.03. The van der Waals surface area contributed by atoms with Crippen LogP contribution in [0.3, 0.4) is 0 Å². The molecule has 1 unspecified atom stereocenters. The molecule has 1 saturated heterocycles. The maximum atomic E-state index is 12.9. The smallest absolute Gasteiger partial charge is 0.241 e. The van der Waals surface area contributed by atoms with Crippen molar-refractivity contribution in [2.45, 2.75) is 25.8 Å². The van der Waals surface area contributed by atoms with E-state index in [4.69, 9.17) is 10.5 Å². The summed E-state index contributed by atoms with van der Waals surface area (Å²) in [5.41, 5.74) is 9.12. The number of methoxy groups -OCH3 is 1. The molecule has 0 spiro atoms.